The van der Waals surface area contributed by atoms with Gasteiger partial charge in [-0.3, -0.25) is 13.8 Å². The fourth-order valence-electron chi connectivity index (χ4n) is 3.40. The molecule has 0 heterocycles. The van der Waals surface area contributed by atoms with E-state index >= 15 is 0 Å². The number of aliphatic hydroxyl groups excluding tert-OH is 3. The maximum Gasteiger partial charge on any atom is 0.472 e. The van der Waals surface area contributed by atoms with Crippen molar-refractivity contribution < 1.29 is 43.4 Å². The maximum absolute atomic E-state index is 11.7. The Morgan fingerprint density at radius 2 is 1.11 bits per heavy atom. The average Bonchev–Trinajstić information content (AvgIpc) is 2.82. The third kappa shape index (κ3) is 27.3. The van der Waals surface area contributed by atoms with E-state index in [2.05, 4.69) is 16.0 Å². The van der Waals surface area contributed by atoms with Gasteiger partial charge in [0.1, 0.15) is 18.8 Å². The number of carbonyl (C=O) groups is 1. The largest absolute Gasteiger partial charge is 0.472 e. The number of rotatable bonds is 25. The second kappa shape index (κ2) is 26.1. The summed E-state index contributed by atoms with van der Waals surface area (Å²) in [7, 11) is -4.48. The Bertz CT molecular complexity index is 525. The zero-order valence-corrected chi connectivity index (χ0v) is 25.0. The molecule has 0 bridgehead atoms. The van der Waals surface area contributed by atoms with E-state index in [1.54, 1.807) is 0 Å². The number of hydrogen-bond acceptors (Lipinski definition) is 8. The molecular weight excluding hydrogens is 486 g/mol. The molecule has 3 atom stereocenters. The molecule has 35 heavy (non-hydrogen) atoms. The van der Waals surface area contributed by atoms with Crippen molar-refractivity contribution in [1.82, 2.24) is 0 Å². The molecule has 0 aliphatic heterocycles. The first-order valence-electron chi connectivity index (χ1n) is 13.0. The zero-order chi connectivity index (χ0) is 25.5. The van der Waals surface area contributed by atoms with Gasteiger partial charge in [0, 0.05) is 36.0 Å². The predicted molar refractivity (Wildman–Crippen MR) is 137 cm³/mol. The van der Waals surface area contributed by atoms with E-state index in [4.69, 9.17) is 14.9 Å². The van der Waals surface area contributed by atoms with Crippen LogP contribution >= 0.6 is 7.82 Å². The second-order valence-electron chi connectivity index (χ2n) is 8.93. The molecule has 0 aliphatic carbocycles. The third-order valence-electron chi connectivity index (χ3n) is 5.49. The first-order chi connectivity index (χ1) is 16.3. The minimum Gasteiger partial charge on any atom is -0.463 e. The Kier molecular flexibility index (Phi) is 28.0. The van der Waals surface area contributed by atoms with Crippen LogP contribution in [-0.2, 0) is 23.1 Å². The summed E-state index contributed by atoms with van der Waals surface area (Å²) < 4.78 is 25.5. The molecule has 0 fully saturated rings. The predicted octanol–water partition coefficient (Wildman–Crippen LogP) is 4.26. The summed E-state index contributed by atoms with van der Waals surface area (Å²) in [6.45, 7) is 0.107. The van der Waals surface area contributed by atoms with E-state index in [0.717, 1.165) is 19.3 Å². The zero-order valence-electron chi connectivity index (χ0n) is 22.1. The van der Waals surface area contributed by atoms with Crippen LogP contribution in [0.15, 0.2) is 0 Å². The van der Waals surface area contributed by atoms with Gasteiger partial charge in [-0.05, 0) is 6.42 Å². The van der Waals surface area contributed by atoms with Crippen LogP contribution < -0.4 is 0 Å². The molecule has 0 aromatic carbocycles. The van der Waals surface area contributed by atoms with E-state index in [-0.39, 0.29) is 42.6 Å². The molecule has 4 N–H and O–H groups in total. The molecule has 1 radical (unpaired) electrons. The van der Waals surface area contributed by atoms with E-state index in [1.807, 2.05) is 0 Å². The van der Waals surface area contributed by atoms with Crippen LogP contribution in [0.5, 0.6) is 0 Å². The minimum absolute atomic E-state index is 0. The maximum atomic E-state index is 11.7. The van der Waals surface area contributed by atoms with Crippen LogP contribution in [0, 0.1) is 0 Å². The molecule has 0 amide bonds. The van der Waals surface area contributed by atoms with E-state index in [1.165, 1.54) is 77.0 Å². The monoisotopic (exact) mass is 535 g/mol. The molecule has 0 aromatic rings. The van der Waals surface area contributed by atoms with Gasteiger partial charge in [0.2, 0.25) is 0 Å². The molecule has 0 aliphatic rings. The van der Waals surface area contributed by atoms with E-state index < -0.39 is 45.8 Å². The summed E-state index contributed by atoms with van der Waals surface area (Å²) in [6, 6.07) is 0. The Morgan fingerprint density at radius 3 is 1.54 bits per heavy atom. The van der Waals surface area contributed by atoms with Gasteiger partial charge in [0.15, 0.2) is 0 Å². The standard InChI is InChI=1S/C24H49O9P.Na/c1-2-3-4-5-6-7-8-9-10-11-12-13-14-15-16-17-24(28)31-19-23(27)21-33-34(29,30)32-20-22(26)18-25;/h22-23,25-27H,2-21H2,1H3,(H,29,30);/t22?,23-;/m1./s1. The quantitative estimate of drug-likeness (QED) is 0.0584. The van der Waals surface area contributed by atoms with Gasteiger partial charge in [-0.15, -0.1) is 0 Å². The summed E-state index contributed by atoms with van der Waals surface area (Å²) in [5.74, 6) is -0.428. The van der Waals surface area contributed by atoms with Crippen LogP contribution in [0.1, 0.15) is 110 Å². The van der Waals surface area contributed by atoms with Gasteiger partial charge >= 0.3 is 13.8 Å². The fourth-order valence-corrected chi connectivity index (χ4v) is 4.20. The molecule has 2 unspecified atom stereocenters. The van der Waals surface area contributed by atoms with Gasteiger partial charge in [-0.25, -0.2) is 4.57 Å². The van der Waals surface area contributed by atoms with Gasteiger partial charge in [-0.1, -0.05) is 96.8 Å². The normalized spacial score (nSPS) is 14.7. The van der Waals surface area contributed by atoms with Crippen molar-refractivity contribution in [3.63, 3.8) is 0 Å². The van der Waals surface area contributed by atoms with Crippen LogP contribution in [0.25, 0.3) is 0 Å². The van der Waals surface area contributed by atoms with Crippen molar-refractivity contribution in [3.8, 4) is 0 Å². The molecular formula is C24H49NaO9P. The summed E-state index contributed by atoms with van der Waals surface area (Å²) in [5, 5.41) is 27.4. The van der Waals surface area contributed by atoms with Crippen LogP contribution in [-0.4, -0.2) is 94.4 Å². The first-order valence-corrected chi connectivity index (χ1v) is 14.5. The van der Waals surface area contributed by atoms with Crippen molar-refractivity contribution >= 4 is 43.3 Å². The summed E-state index contributed by atoms with van der Waals surface area (Å²) >= 11 is 0. The summed E-state index contributed by atoms with van der Waals surface area (Å²) in [4.78, 5) is 21.1. The van der Waals surface area contributed by atoms with Crippen LogP contribution in [0.4, 0.5) is 0 Å². The fraction of sp³-hybridized carbons (Fsp3) is 0.958. The average molecular weight is 536 g/mol. The molecule has 0 saturated heterocycles. The van der Waals surface area contributed by atoms with Crippen molar-refractivity contribution in [2.24, 2.45) is 0 Å². The van der Waals surface area contributed by atoms with Crippen molar-refractivity contribution in [2.45, 2.75) is 122 Å². The van der Waals surface area contributed by atoms with E-state index in [0.29, 0.717) is 0 Å². The third-order valence-corrected chi connectivity index (χ3v) is 6.44. The Balaban J connectivity index is 0. The molecule has 9 nitrogen and oxygen atoms in total. The minimum atomic E-state index is -4.48. The SMILES string of the molecule is CCCCCCCCCCCCCCCCCC(=O)OC[C@@H](O)COP(=O)(O)OCC(O)CO.[Na]. The van der Waals surface area contributed by atoms with Gasteiger partial charge in [0.25, 0.3) is 0 Å². The summed E-state index contributed by atoms with van der Waals surface area (Å²) in [5.41, 5.74) is 0. The molecule has 205 valence electrons. The molecule has 0 aromatic heterocycles. The number of unbranched alkanes of at least 4 members (excludes halogenated alkanes) is 14. The number of ether oxygens (including phenoxy) is 1. The number of carbonyl (C=O) groups excluding carboxylic acids is 1. The van der Waals surface area contributed by atoms with Gasteiger partial charge < -0.3 is 24.9 Å². The Morgan fingerprint density at radius 1 is 0.714 bits per heavy atom. The topological polar surface area (TPSA) is 143 Å². The molecule has 0 spiro atoms. The van der Waals surface area contributed by atoms with Crippen molar-refractivity contribution in [3.05, 3.63) is 0 Å². The molecule has 0 saturated carbocycles. The molecule has 11 heteroatoms. The Labute approximate surface area is 234 Å². The van der Waals surface area contributed by atoms with Gasteiger partial charge in [-0.2, -0.15) is 0 Å². The number of aliphatic hydroxyl groups is 3. The number of phosphoric acid groups is 1. The number of hydrogen-bond donors (Lipinski definition) is 4. The second-order valence-corrected chi connectivity index (χ2v) is 10.4. The smallest absolute Gasteiger partial charge is 0.463 e. The van der Waals surface area contributed by atoms with Crippen molar-refractivity contribution in [2.75, 3.05) is 26.4 Å². The number of phosphoric ester groups is 1. The van der Waals surface area contributed by atoms with E-state index in [9.17, 15) is 19.4 Å². The first kappa shape index (κ1) is 37.6. The van der Waals surface area contributed by atoms with Gasteiger partial charge in [0.05, 0.1) is 19.8 Å². The Hall–Kier alpha value is 0.460. The number of esters is 1. The van der Waals surface area contributed by atoms with Crippen molar-refractivity contribution in [1.29, 1.82) is 0 Å². The van der Waals surface area contributed by atoms with Crippen LogP contribution in [0.2, 0.25) is 0 Å². The molecule has 0 rings (SSSR count). The van der Waals surface area contributed by atoms with Crippen LogP contribution in [0.3, 0.4) is 0 Å². The summed E-state index contributed by atoms with van der Waals surface area (Å²) in [6.07, 6.45) is 16.4.